The van der Waals surface area contributed by atoms with Crippen LogP contribution in [0.2, 0.25) is 0 Å². The number of carboxylic acids is 1. The number of nitrogens with two attached hydrogens (primary N) is 3. The molecule has 12 heteroatoms. The molecule has 1 aromatic rings. The van der Waals surface area contributed by atoms with Crippen LogP contribution < -0.4 is 33.2 Å². The fourth-order valence-electron chi connectivity index (χ4n) is 3.47. The summed E-state index contributed by atoms with van der Waals surface area (Å²) in [5, 5.41) is 17.1. The summed E-state index contributed by atoms with van der Waals surface area (Å²) in [4.78, 5) is 50.2. The lowest BCUT2D eigenvalue weighted by atomic mass is 10.0. The summed E-state index contributed by atoms with van der Waals surface area (Å²) in [5.74, 6) is -3.06. The van der Waals surface area contributed by atoms with E-state index in [4.69, 9.17) is 17.2 Å². The molecule has 202 valence electrons. The van der Waals surface area contributed by atoms with E-state index in [1.165, 1.54) is 0 Å². The first-order valence-electron chi connectivity index (χ1n) is 12.2. The van der Waals surface area contributed by atoms with Crippen molar-refractivity contribution in [2.45, 2.75) is 69.1 Å². The Morgan fingerprint density at radius 1 is 0.778 bits per heavy atom. The van der Waals surface area contributed by atoms with Crippen molar-refractivity contribution in [2.75, 3.05) is 18.8 Å². The first-order chi connectivity index (χ1) is 17.2. The van der Waals surface area contributed by atoms with Gasteiger partial charge in [0.15, 0.2) is 0 Å². The quantitative estimate of drug-likeness (QED) is 0.0907. The van der Waals surface area contributed by atoms with Crippen LogP contribution in [0.5, 0.6) is 0 Å². The van der Waals surface area contributed by atoms with Crippen LogP contribution in [0, 0.1) is 0 Å². The molecule has 4 atom stereocenters. The highest BCUT2D eigenvalue weighted by atomic mass is 32.1. The molecule has 0 spiro atoms. The van der Waals surface area contributed by atoms with Gasteiger partial charge in [-0.15, -0.1) is 0 Å². The number of unbranched alkanes of at least 4 members (excludes halogenated alkanes) is 2. The first kappa shape index (κ1) is 31.4. The number of hydrogen-bond donors (Lipinski definition) is 8. The maximum atomic E-state index is 13.2. The predicted molar refractivity (Wildman–Crippen MR) is 141 cm³/mol. The zero-order valence-electron chi connectivity index (χ0n) is 20.5. The van der Waals surface area contributed by atoms with Gasteiger partial charge in [0.1, 0.15) is 18.1 Å². The van der Waals surface area contributed by atoms with E-state index in [1.54, 1.807) is 24.3 Å². The Labute approximate surface area is 217 Å². The van der Waals surface area contributed by atoms with E-state index < -0.39 is 47.9 Å². The second-order valence-corrected chi connectivity index (χ2v) is 8.93. The molecule has 0 fully saturated rings. The van der Waals surface area contributed by atoms with Gasteiger partial charge in [0.05, 0.1) is 6.04 Å². The van der Waals surface area contributed by atoms with Crippen LogP contribution in [-0.4, -0.2) is 71.8 Å². The van der Waals surface area contributed by atoms with Gasteiger partial charge >= 0.3 is 5.97 Å². The SMILES string of the molecule is NCCCCC(N)C(=O)NC(CCCCN)C(=O)NC(Cc1ccccc1)C(=O)NC(CS)C(=O)O. The Bertz CT molecular complexity index is 828. The molecular formula is C24H40N6O5S. The molecule has 0 aromatic heterocycles. The topological polar surface area (TPSA) is 203 Å². The van der Waals surface area contributed by atoms with Gasteiger partial charge in [-0.3, -0.25) is 14.4 Å². The molecular weight excluding hydrogens is 484 g/mol. The van der Waals surface area contributed by atoms with Crippen molar-refractivity contribution >= 4 is 36.3 Å². The average Bonchev–Trinajstić information content (AvgIpc) is 2.86. The van der Waals surface area contributed by atoms with Gasteiger partial charge < -0.3 is 38.3 Å². The van der Waals surface area contributed by atoms with Crippen molar-refractivity contribution < 1.29 is 24.3 Å². The van der Waals surface area contributed by atoms with E-state index in [9.17, 15) is 24.3 Å². The van der Waals surface area contributed by atoms with E-state index in [0.29, 0.717) is 45.2 Å². The predicted octanol–water partition coefficient (Wildman–Crippen LogP) is -0.717. The smallest absolute Gasteiger partial charge is 0.327 e. The summed E-state index contributed by atoms with van der Waals surface area (Å²) in [6.07, 6.45) is 3.51. The zero-order valence-corrected chi connectivity index (χ0v) is 21.4. The first-order valence-corrected chi connectivity index (χ1v) is 12.8. The molecule has 0 aliphatic carbocycles. The number of rotatable bonds is 18. The number of hydrogen-bond acceptors (Lipinski definition) is 8. The van der Waals surface area contributed by atoms with Crippen molar-refractivity contribution in [1.82, 2.24) is 16.0 Å². The van der Waals surface area contributed by atoms with Gasteiger partial charge in [-0.2, -0.15) is 12.6 Å². The second kappa shape index (κ2) is 17.7. The molecule has 1 aromatic carbocycles. The van der Waals surface area contributed by atoms with Gasteiger partial charge in [-0.1, -0.05) is 36.8 Å². The normalized spacial score (nSPS) is 14.2. The van der Waals surface area contributed by atoms with Crippen molar-refractivity contribution in [1.29, 1.82) is 0 Å². The number of carboxylic acid groups (broad SMARTS) is 1. The molecule has 11 nitrogen and oxygen atoms in total. The fourth-order valence-corrected chi connectivity index (χ4v) is 3.72. The average molecular weight is 525 g/mol. The summed E-state index contributed by atoms with van der Waals surface area (Å²) in [6.45, 7) is 0.930. The van der Waals surface area contributed by atoms with E-state index in [0.717, 1.165) is 12.0 Å². The monoisotopic (exact) mass is 524 g/mol. The molecule has 0 aliphatic rings. The standard InChI is InChI=1S/C24H40N6O5S/c25-12-6-4-10-17(27)21(31)28-18(11-5-7-13-26)22(32)29-19(14-16-8-2-1-3-9-16)23(33)30-20(15-36)24(34)35/h1-3,8-9,17-20,36H,4-7,10-15,25-27H2,(H,28,31)(H,29,32)(H,30,33)(H,34,35). The van der Waals surface area contributed by atoms with Crippen LogP contribution in [-0.2, 0) is 25.6 Å². The maximum Gasteiger partial charge on any atom is 0.327 e. The van der Waals surface area contributed by atoms with Crippen molar-refractivity contribution in [3.63, 3.8) is 0 Å². The molecule has 3 amide bonds. The number of aliphatic carboxylic acids is 1. The minimum atomic E-state index is -1.24. The zero-order chi connectivity index (χ0) is 26.9. The van der Waals surface area contributed by atoms with E-state index in [2.05, 4.69) is 28.6 Å². The van der Waals surface area contributed by atoms with E-state index in [1.807, 2.05) is 6.07 Å². The molecule has 4 unspecified atom stereocenters. The second-order valence-electron chi connectivity index (χ2n) is 8.57. The lowest BCUT2D eigenvalue weighted by Crippen LogP contribution is -2.57. The Kier molecular flexibility index (Phi) is 15.4. The molecule has 0 saturated carbocycles. The minimum absolute atomic E-state index is 0.118. The highest BCUT2D eigenvalue weighted by Gasteiger charge is 2.30. The number of carbonyl (C=O) groups excluding carboxylic acids is 3. The third-order valence-corrected chi connectivity index (χ3v) is 5.96. The van der Waals surface area contributed by atoms with Crippen LogP contribution in [0.4, 0.5) is 0 Å². The Morgan fingerprint density at radius 2 is 1.31 bits per heavy atom. The Hall–Kier alpha value is -2.67. The largest absolute Gasteiger partial charge is 0.480 e. The molecule has 0 saturated heterocycles. The van der Waals surface area contributed by atoms with Gasteiger partial charge in [-0.05, 0) is 50.8 Å². The molecule has 0 radical (unpaired) electrons. The Morgan fingerprint density at radius 3 is 1.86 bits per heavy atom. The maximum absolute atomic E-state index is 13.2. The van der Waals surface area contributed by atoms with Gasteiger partial charge in [0, 0.05) is 12.2 Å². The fraction of sp³-hybridized carbons (Fsp3) is 0.583. The summed E-state index contributed by atoms with van der Waals surface area (Å²) in [7, 11) is 0. The van der Waals surface area contributed by atoms with Crippen LogP contribution in [0.3, 0.4) is 0 Å². The van der Waals surface area contributed by atoms with Crippen LogP contribution in [0.1, 0.15) is 44.1 Å². The summed E-state index contributed by atoms with van der Waals surface area (Å²) in [6, 6.07) is 4.96. The summed E-state index contributed by atoms with van der Waals surface area (Å²) >= 11 is 3.98. The Balaban J connectivity index is 3.02. The molecule has 1 rings (SSSR count). The lowest BCUT2D eigenvalue weighted by Gasteiger charge is -2.25. The number of benzene rings is 1. The third kappa shape index (κ3) is 11.8. The molecule has 36 heavy (non-hydrogen) atoms. The van der Waals surface area contributed by atoms with Gasteiger partial charge in [0.2, 0.25) is 17.7 Å². The molecule has 0 aliphatic heterocycles. The lowest BCUT2D eigenvalue weighted by molar-refractivity contribution is -0.141. The highest BCUT2D eigenvalue weighted by Crippen LogP contribution is 2.08. The molecule has 10 N–H and O–H groups in total. The van der Waals surface area contributed by atoms with Crippen molar-refractivity contribution in [2.24, 2.45) is 17.2 Å². The van der Waals surface area contributed by atoms with Crippen molar-refractivity contribution in [3.05, 3.63) is 35.9 Å². The summed E-state index contributed by atoms with van der Waals surface area (Å²) in [5.41, 5.74) is 17.8. The van der Waals surface area contributed by atoms with E-state index >= 15 is 0 Å². The van der Waals surface area contributed by atoms with E-state index in [-0.39, 0.29) is 12.2 Å². The highest BCUT2D eigenvalue weighted by molar-refractivity contribution is 7.80. The minimum Gasteiger partial charge on any atom is -0.480 e. The molecule has 0 heterocycles. The number of amides is 3. The van der Waals surface area contributed by atoms with Crippen molar-refractivity contribution in [3.8, 4) is 0 Å². The van der Waals surface area contributed by atoms with Crippen LogP contribution >= 0.6 is 12.6 Å². The number of thiol groups is 1. The van der Waals surface area contributed by atoms with Gasteiger partial charge in [0.25, 0.3) is 0 Å². The number of carbonyl (C=O) groups is 4. The van der Waals surface area contributed by atoms with Gasteiger partial charge in [-0.25, -0.2) is 4.79 Å². The van der Waals surface area contributed by atoms with Crippen LogP contribution in [0.15, 0.2) is 30.3 Å². The summed E-state index contributed by atoms with van der Waals surface area (Å²) < 4.78 is 0. The molecule has 0 bridgehead atoms. The third-order valence-electron chi connectivity index (χ3n) is 5.60. The number of nitrogens with one attached hydrogen (secondary N) is 3. The van der Waals surface area contributed by atoms with Crippen LogP contribution in [0.25, 0.3) is 0 Å².